The fourth-order valence-corrected chi connectivity index (χ4v) is 4.89. The standard InChI is InChI=1S/C15H25N5OS.C9H11FO/c1-16-13-10-17-19-14(13)15(21)18-11-2-4-12(5-3-11)20-6-8-22-9-7-20;1-9(10)7-5-3-2-4-6-8-11/h10-12,16H,2-9H2,1H3,(H,17,19)(H,18,21);2,4-5,7-8H,1,3,6H2/b;4-2-,7-5-. The summed E-state index contributed by atoms with van der Waals surface area (Å²) in [6.07, 6.45) is 14.5. The number of thioether (sulfide) groups is 1. The maximum atomic E-state index is 12.3. The topological polar surface area (TPSA) is 90.1 Å². The first-order chi connectivity index (χ1) is 16.0. The molecule has 1 aromatic heterocycles. The first-order valence-electron chi connectivity index (χ1n) is 11.5. The summed E-state index contributed by atoms with van der Waals surface area (Å²) in [7, 11) is 1.80. The van der Waals surface area contributed by atoms with Crippen molar-refractivity contribution in [2.75, 3.05) is 37.0 Å². The van der Waals surface area contributed by atoms with Gasteiger partial charge in [0.2, 0.25) is 0 Å². The molecule has 33 heavy (non-hydrogen) atoms. The van der Waals surface area contributed by atoms with Crippen LogP contribution in [0.2, 0.25) is 0 Å². The Kier molecular flexibility index (Phi) is 12.6. The molecule has 2 fully saturated rings. The van der Waals surface area contributed by atoms with Crippen molar-refractivity contribution in [3.8, 4) is 0 Å². The number of nitrogens with zero attached hydrogens (tertiary/aromatic N) is 2. The van der Waals surface area contributed by atoms with Gasteiger partial charge < -0.3 is 15.4 Å². The molecule has 0 spiro atoms. The van der Waals surface area contributed by atoms with Gasteiger partial charge in [-0.25, -0.2) is 4.39 Å². The average molecular weight is 478 g/mol. The largest absolute Gasteiger partial charge is 0.385 e. The number of aromatic nitrogens is 2. The molecule has 1 saturated carbocycles. The molecule has 1 aliphatic carbocycles. The van der Waals surface area contributed by atoms with E-state index < -0.39 is 5.83 Å². The first-order valence-corrected chi connectivity index (χ1v) is 12.6. The molecule has 7 nitrogen and oxygen atoms in total. The van der Waals surface area contributed by atoms with Gasteiger partial charge in [-0.15, -0.1) is 0 Å². The zero-order valence-corrected chi connectivity index (χ0v) is 20.2. The number of allylic oxidation sites excluding steroid dienone is 5. The van der Waals surface area contributed by atoms with Crippen LogP contribution in [0.5, 0.6) is 0 Å². The number of aromatic amines is 1. The lowest BCUT2D eigenvalue weighted by Gasteiger charge is -2.38. The van der Waals surface area contributed by atoms with E-state index in [1.165, 1.54) is 43.5 Å². The van der Waals surface area contributed by atoms with E-state index in [-0.39, 0.29) is 11.9 Å². The number of aldehydes is 1. The maximum absolute atomic E-state index is 12.3. The lowest BCUT2D eigenvalue weighted by atomic mass is 9.90. The van der Waals surface area contributed by atoms with Crippen molar-refractivity contribution in [1.29, 1.82) is 0 Å². The van der Waals surface area contributed by atoms with Crippen molar-refractivity contribution in [2.24, 2.45) is 0 Å². The Hall–Kier alpha value is -2.39. The van der Waals surface area contributed by atoms with E-state index in [0.29, 0.717) is 24.6 Å². The van der Waals surface area contributed by atoms with Crippen LogP contribution in [0.4, 0.5) is 10.1 Å². The minimum atomic E-state index is -0.450. The normalized spacial score (nSPS) is 21.4. The molecule has 0 atom stereocenters. The van der Waals surface area contributed by atoms with E-state index in [4.69, 9.17) is 0 Å². The van der Waals surface area contributed by atoms with Crippen molar-refractivity contribution < 1.29 is 14.0 Å². The molecule has 3 N–H and O–H groups in total. The average Bonchev–Trinajstić information content (AvgIpc) is 3.32. The highest BCUT2D eigenvalue weighted by atomic mass is 32.2. The van der Waals surface area contributed by atoms with Crippen LogP contribution >= 0.6 is 11.8 Å². The molecular formula is C24H36FN5O2S. The number of hydrogen-bond donors (Lipinski definition) is 3. The van der Waals surface area contributed by atoms with Gasteiger partial charge in [0, 0.05) is 50.1 Å². The number of carbonyl (C=O) groups is 2. The van der Waals surface area contributed by atoms with Crippen LogP contribution in [-0.2, 0) is 4.79 Å². The number of amides is 1. The van der Waals surface area contributed by atoms with Gasteiger partial charge in [-0.05, 0) is 38.2 Å². The summed E-state index contributed by atoms with van der Waals surface area (Å²) in [5.41, 5.74) is 1.27. The molecule has 182 valence electrons. The van der Waals surface area contributed by atoms with Crippen LogP contribution < -0.4 is 10.6 Å². The number of hydrogen-bond acceptors (Lipinski definition) is 6. The predicted octanol–water partition coefficient (Wildman–Crippen LogP) is 4.10. The Morgan fingerprint density at radius 2 is 1.94 bits per heavy atom. The van der Waals surface area contributed by atoms with E-state index in [1.54, 1.807) is 31.5 Å². The van der Waals surface area contributed by atoms with Crippen LogP contribution in [0.25, 0.3) is 0 Å². The van der Waals surface area contributed by atoms with Gasteiger partial charge in [-0.3, -0.25) is 14.8 Å². The molecule has 2 heterocycles. The van der Waals surface area contributed by atoms with E-state index in [0.717, 1.165) is 24.8 Å². The highest BCUT2D eigenvalue weighted by Gasteiger charge is 2.28. The Bertz CT molecular complexity index is 797. The fraction of sp³-hybridized carbons (Fsp3) is 0.542. The number of anilines is 1. The maximum Gasteiger partial charge on any atom is 0.271 e. The zero-order chi connectivity index (χ0) is 23.9. The van der Waals surface area contributed by atoms with Gasteiger partial charge >= 0.3 is 0 Å². The van der Waals surface area contributed by atoms with Crippen molar-refractivity contribution in [3.63, 3.8) is 0 Å². The van der Waals surface area contributed by atoms with Crippen LogP contribution in [0, 0.1) is 0 Å². The molecule has 1 saturated heterocycles. The van der Waals surface area contributed by atoms with Gasteiger partial charge in [-0.2, -0.15) is 16.9 Å². The van der Waals surface area contributed by atoms with Crippen molar-refractivity contribution >= 4 is 29.6 Å². The van der Waals surface area contributed by atoms with Gasteiger partial charge in [0.15, 0.2) is 0 Å². The summed E-state index contributed by atoms with van der Waals surface area (Å²) in [6.45, 7) is 5.51. The number of carbonyl (C=O) groups excluding carboxylic acids is 2. The van der Waals surface area contributed by atoms with Gasteiger partial charge in [0.05, 0.1) is 11.9 Å². The van der Waals surface area contributed by atoms with E-state index >= 15 is 0 Å². The minimum absolute atomic E-state index is 0.0559. The summed E-state index contributed by atoms with van der Waals surface area (Å²) in [4.78, 5) is 24.7. The molecule has 0 bridgehead atoms. The molecule has 3 rings (SSSR count). The lowest BCUT2D eigenvalue weighted by Crippen LogP contribution is -2.46. The molecule has 9 heteroatoms. The quantitative estimate of drug-likeness (QED) is 0.282. The summed E-state index contributed by atoms with van der Waals surface area (Å²) in [5.74, 6) is 2.03. The second kappa shape index (κ2) is 15.4. The van der Waals surface area contributed by atoms with Gasteiger partial charge in [0.25, 0.3) is 5.91 Å². The number of H-pyrrole nitrogens is 1. The first kappa shape index (κ1) is 26.9. The second-order valence-electron chi connectivity index (χ2n) is 7.99. The third-order valence-electron chi connectivity index (χ3n) is 5.70. The van der Waals surface area contributed by atoms with E-state index in [2.05, 4.69) is 44.1 Å². The molecule has 0 radical (unpaired) electrons. The molecule has 0 aromatic carbocycles. The summed E-state index contributed by atoms with van der Waals surface area (Å²) in [6, 6.07) is 1.00. The number of halogens is 1. The Morgan fingerprint density at radius 1 is 1.24 bits per heavy atom. The lowest BCUT2D eigenvalue weighted by molar-refractivity contribution is -0.107. The van der Waals surface area contributed by atoms with Crippen LogP contribution in [0.15, 0.2) is 42.9 Å². The molecule has 1 amide bonds. The highest BCUT2D eigenvalue weighted by Crippen LogP contribution is 2.25. The summed E-state index contributed by atoms with van der Waals surface area (Å²) in [5, 5.41) is 12.8. The Balaban J connectivity index is 0.000000299. The van der Waals surface area contributed by atoms with Gasteiger partial charge in [-0.1, -0.05) is 24.8 Å². The number of nitrogens with one attached hydrogen (secondary N) is 3. The van der Waals surface area contributed by atoms with Gasteiger partial charge in [0.1, 0.15) is 17.8 Å². The molecule has 1 aromatic rings. The highest BCUT2D eigenvalue weighted by molar-refractivity contribution is 7.99. The van der Waals surface area contributed by atoms with Crippen molar-refractivity contribution in [1.82, 2.24) is 20.4 Å². The smallest absolute Gasteiger partial charge is 0.271 e. The minimum Gasteiger partial charge on any atom is -0.385 e. The SMILES string of the molecule is C=C(F)/C=C\C/C=C\CC=O.CNc1cn[nH]c1C(=O)NC1CCC(N2CCSCC2)CC1. The zero-order valence-electron chi connectivity index (χ0n) is 19.4. The van der Waals surface area contributed by atoms with E-state index in [9.17, 15) is 14.0 Å². The second-order valence-corrected chi connectivity index (χ2v) is 9.22. The third kappa shape index (κ3) is 9.96. The van der Waals surface area contributed by atoms with Crippen LogP contribution in [0.3, 0.4) is 0 Å². The van der Waals surface area contributed by atoms with Crippen LogP contribution in [0.1, 0.15) is 49.0 Å². The fourth-order valence-electron chi connectivity index (χ4n) is 3.96. The van der Waals surface area contributed by atoms with E-state index in [1.807, 2.05) is 0 Å². The third-order valence-corrected chi connectivity index (χ3v) is 6.64. The van der Waals surface area contributed by atoms with Crippen molar-refractivity contribution in [2.45, 2.75) is 50.6 Å². The summed E-state index contributed by atoms with van der Waals surface area (Å²) >= 11 is 2.06. The van der Waals surface area contributed by atoms with Crippen molar-refractivity contribution in [3.05, 3.63) is 48.6 Å². The molecular weight excluding hydrogens is 441 g/mol. The monoisotopic (exact) mass is 477 g/mol. The van der Waals surface area contributed by atoms with Crippen LogP contribution in [-0.4, -0.2) is 71.0 Å². The Labute approximate surface area is 200 Å². The predicted molar refractivity (Wildman–Crippen MR) is 134 cm³/mol. The summed E-state index contributed by atoms with van der Waals surface area (Å²) < 4.78 is 11.9. The molecule has 0 unspecified atom stereocenters. The Morgan fingerprint density at radius 3 is 2.58 bits per heavy atom. The molecule has 1 aliphatic heterocycles. The molecule has 2 aliphatic rings. The number of rotatable bonds is 9.